The second kappa shape index (κ2) is 10.5. The maximum atomic E-state index is 15.4. The van der Waals surface area contributed by atoms with Gasteiger partial charge in [-0.1, -0.05) is 29.3 Å². The van der Waals surface area contributed by atoms with Gasteiger partial charge in [0.15, 0.2) is 0 Å². The lowest BCUT2D eigenvalue weighted by Crippen LogP contribution is -2.47. The van der Waals surface area contributed by atoms with Gasteiger partial charge in [-0.05, 0) is 45.7 Å². The van der Waals surface area contributed by atoms with Gasteiger partial charge < -0.3 is 19.0 Å². The molecule has 5 rings (SSSR count). The predicted molar refractivity (Wildman–Crippen MR) is 144 cm³/mol. The second-order valence-electron chi connectivity index (χ2n) is 11.1. The normalized spacial score (nSPS) is 19.3. The fraction of sp³-hybridized carbons (Fsp3) is 0.500. The number of halogens is 4. The molecule has 2 amide bonds. The summed E-state index contributed by atoms with van der Waals surface area (Å²) in [5.41, 5.74) is -0.0714. The lowest BCUT2D eigenvalue weighted by Gasteiger charge is -2.41. The number of alkyl halides is 2. The van der Waals surface area contributed by atoms with Crippen molar-refractivity contribution in [3.8, 4) is 0 Å². The van der Waals surface area contributed by atoms with Crippen LogP contribution >= 0.6 is 34.5 Å². The summed E-state index contributed by atoms with van der Waals surface area (Å²) >= 11 is 13.1. The van der Waals surface area contributed by atoms with E-state index < -0.39 is 40.4 Å². The molecule has 214 valence electrons. The van der Waals surface area contributed by atoms with Gasteiger partial charge in [0.25, 0.3) is 11.8 Å². The summed E-state index contributed by atoms with van der Waals surface area (Å²) in [4.78, 5) is 33.7. The highest BCUT2D eigenvalue weighted by molar-refractivity contribution is 7.11. The molecule has 40 heavy (non-hydrogen) atoms. The van der Waals surface area contributed by atoms with Crippen molar-refractivity contribution in [2.45, 2.75) is 51.1 Å². The van der Waals surface area contributed by atoms with Crippen LogP contribution in [0.3, 0.4) is 0 Å². The first-order valence-electron chi connectivity index (χ1n) is 12.6. The van der Waals surface area contributed by atoms with Gasteiger partial charge in [-0.25, -0.2) is 4.79 Å². The summed E-state index contributed by atoms with van der Waals surface area (Å²) in [7, 11) is 0. The average molecular weight is 615 g/mol. The molecule has 0 saturated carbocycles. The Balaban J connectivity index is 1.42. The number of carbonyl (C=O) groups is 2. The summed E-state index contributed by atoms with van der Waals surface area (Å²) in [5, 5.41) is 7.85. The Morgan fingerprint density at radius 2 is 1.85 bits per heavy atom. The van der Waals surface area contributed by atoms with E-state index in [9.17, 15) is 9.59 Å². The lowest BCUT2D eigenvalue weighted by atomic mass is 9.71. The Kier molecular flexibility index (Phi) is 7.56. The van der Waals surface area contributed by atoms with E-state index in [1.807, 2.05) is 0 Å². The third kappa shape index (κ3) is 5.53. The van der Waals surface area contributed by atoms with Crippen molar-refractivity contribution < 1.29 is 27.5 Å². The molecule has 0 N–H and O–H groups in total. The maximum Gasteiger partial charge on any atom is 0.410 e. The quantitative estimate of drug-likeness (QED) is 0.344. The molecule has 1 spiro atoms. The molecule has 0 bridgehead atoms. The molecule has 1 atom stereocenters. The molecule has 2 fully saturated rings. The monoisotopic (exact) mass is 613 g/mol. The van der Waals surface area contributed by atoms with Crippen molar-refractivity contribution in [1.82, 2.24) is 25.0 Å². The molecule has 2 aliphatic rings. The van der Waals surface area contributed by atoms with E-state index in [1.165, 1.54) is 23.6 Å². The largest absolute Gasteiger partial charge is 0.444 e. The predicted octanol–water partition coefficient (Wildman–Crippen LogP) is 6.23. The van der Waals surface area contributed by atoms with E-state index in [4.69, 9.17) is 32.4 Å². The molecule has 2 saturated heterocycles. The smallest absolute Gasteiger partial charge is 0.410 e. The Morgan fingerprint density at radius 3 is 2.48 bits per heavy atom. The molecular formula is C26H27Cl2F2N5O4S. The van der Waals surface area contributed by atoms with Crippen molar-refractivity contribution in [2.75, 3.05) is 26.2 Å². The van der Waals surface area contributed by atoms with E-state index >= 15 is 8.78 Å². The molecule has 4 heterocycles. The van der Waals surface area contributed by atoms with Crippen molar-refractivity contribution in [3.05, 3.63) is 62.2 Å². The number of piperidine rings is 1. The third-order valence-electron chi connectivity index (χ3n) is 7.28. The van der Waals surface area contributed by atoms with Gasteiger partial charge >= 0.3 is 12.0 Å². The molecule has 2 aromatic heterocycles. The number of amides is 2. The third-order valence-corrected chi connectivity index (χ3v) is 8.78. The van der Waals surface area contributed by atoms with Gasteiger partial charge in [-0.2, -0.15) is 8.78 Å². The van der Waals surface area contributed by atoms with E-state index in [0.717, 1.165) is 12.1 Å². The molecule has 1 aromatic carbocycles. The van der Waals surface area contributed by atoms with Crippen LogP contribution in [-0.4, -0.2) is 68.8 Å². The number of hydrogen-bond acceptors (Lipinski definition) is 8. The zero-order valence-electron chi connectivity index (χ0n) is 22.0. The van der Waals surface area contributed by atoms with Crippen LogP contribution in [0.5, 0.6) is 0 Å². The van der Waals surface area contributed by atoms with Crippen LogP contribution in [0.25, 0.3) is 0 Å². The van der Waals surface area contributed by atoms with Crippen LogP contribution in [0.4, 0.5) is 13.6 Å². The van der Waals surface area contributed by atoms with Gasteiger partial charge in [-0.3, -0.25) is 9.78 Å². The van der Waals surface area contributed by atoms with Crippen molar-refractivity contribution in [3.63, 3.8) is 0 Å². The first-order chi connectivity index (χ1) is 18.8. The molecule has 9 nitrogen and oxygen atoms in total. The first kappa shape index (κ1) is 28.7. The lowest BCUT2D eigenvalue weighted by molar-refractivity contribution is 0.00465. The first-order valence-corrected chi connectivity index (χ1v) is 14.3. The number of thiazole rings is 1. The van der Waals surface area contributed by atoms with Gasteiger partial charge in [0, 0.05) is 37.2 Å². The highest BCUT2D eigenvalue weighted by Crippen LogP contribution is 2.50. The number of carbonyl (C=O) groups excluding carboxylic acids is 2. The zero-order valence-corrected chi connectivity index (χ0v) is 24.3. The number of nitrogens with zero attached hydrogens (tertiary/aromatic N) is 5. The fourth-order valence-electron chi connectivity index (χ4n) is 5.23. The van der Waals surface area contributed by atoms with E-state index in [0.29, 0.717) is 37.4 Å². The van der Waals surface area contributed by atoms with Crippen LogP contribution in [0.1, 0.15) is 66.5 Å². The highest BCUT2D eigenvalue weighted by Gasteiger charge is 2.53. The topological polar surface area (TPSA) is 102 Å². The maximum absolute atomic E-state index is 15.4. The standard InChI is InChI=1S/C26H27Cl2F2N5O4S/c1-24(2,3)39-23(37)34-8-6-25(7-9-34)13-35(21(36)19-11-31-14-40-19)12-16(25)20-32-33-22(38-20)26(29,30)15-4-5-17(27)18(28)10-15/h4-5,10-11,14,16H,6-9,12-13H2,1-3H3. The molecule has 2 aliphatic heterocycles. The van der Waals surface area contributed by atoms with E-state index in [2.05, 4.69) is 15.2 Å². The number of aromatic nitrogens is 3. The SMILES string of the molecule is CC(C)(C)OC(=O)N1CCC2(CC1)CN(C(=O)c1cncs1)CC2c1nnc(C(F)(F)c2ccc(Cl)c(Cl)c2)o1. The molecule has 0 radical (unpaired) electrons. The molecule has 0 aliphatic carbocycles. The van der Waals surface area contributed by atoms with Gasteiger partial charge in [-0.15, -0.1) is 21.5 Å². The molecule has 1 unspecified atom stereocenters. The van der Waals surface area contributed by atoms with Crippen LogP contribution in [0, 0.1) is 5.41 Å². The summed E-state index contributed by atoms with van der Waals surface area (Å²) in [6.45, 7) is 6.68. The van der Waals surface area contributed by atoms with Crippen LogP contribution < -0.4 is 0 Å². The zero-order chi connectivity index (χ0) is 28.9. The summed E-state index contributed by atoms with van der Waals surface area (Å²) < 4.78 is 41.9. The van der Waals surface area contributed by atoms with Crippen LogP contribution in [0.15, 0.2) is 34.3 Å². The minimum atomic E-state index is -3.62. The molecular weight excluding hydrogens is 587 g/mol. The van der Waals surface area contributed by atoms with E-state index in [-0.39, 0.29) is 28.4 Å². The number of rotatable bonds is 4. The van der Waals surface area contributed by atoms with Gasteiger partial charge in [0.05, 0.1) is 27.7 Å². The Morgan fingerprint density at radius 1 is 1.12 bits per heavy atom. The van der Waals surface area contributed by atoms with E-state index in [1.54, 1.807) is 36.1 Å². The minimum absolute atomic E-state index is 0.0139. The van der Waals surface area contributed by atoms with Crippen molar-refractivity contribution in [2.24, 2.45) is 5.41 Å². The number of likely N-dealkylation sites (tertiary alicyclic amines) is 2. The summed E-state index contributed by atoms with van der Waals surface area (Å²) in [6, 6.07) is 3.49. The average Bonchev–Trinajstić information content (AvgIpc) is 3.65. The van der Waals surface area contributed by atoms with Crippen molar-refractivity contribution >= 4 is 46.5 Å². The number of benzene rings is 1. The molecule has 3 aromatic rings. The highest BCUT2D eigenvalue weighted by atomic mass is 35.5. The van der Waals surface area contributed by atoms with Crippen LogP contribution in [-0.2, 0) is 10.7 Å². The summed E-state index contributed by atoms with van der Waals surface area (Å²) in [5.74, 6) is -5.21. The number of ether oxygens (including phenoxy) is 1. The molecule has 14 heteroatoms. The summed E-state index contributed by atoms with van der Waals surface area (Å²) in [6.07, 6.45) is 2.06. The van der Waals surface area contributed by atoms with Gasteiger partial charge in [0.1, 0.15) is 10.5 Å². The van der Waals surface area contributed by atoms with Gasteiger partial charge in [0.2, 0.25) is 5.89 Å². The minimum Gasteiger partial charge on any atom is -0.444 e. The second-order valence-corrected chi connectivity index (χ2v) is 12.8. The number of hydrogen-bond donors (Lipinski definition) is 0. The van der Waals surface area contributed by atoms with Crippen molar-refractivity contribution in [1.29, 1.82) is 0 Å². The fourth-order valence-corrected chi connectivity index (χ4v) is 6.11. The Hall–Kier alpha value is -2.83. The Bertz CT molecular complexity index is 1400. The van der Waals surface area contributed by atoms with Crippen LogP contribution in [0.2, 0.25) is 10.0 Å². The Labute approximate surface area is 243 Å².